The van der Waals surface area contributed by atoms with Crippen LogP contribution >= 0.6 is 11.6 Å². The lowest BCUT2D eigenvalue weighted by atomic mass is 10.2. The summed E-state index contributed by atoms with van der Waals surface area (Å²) in [5.41, 5.74) is -0.904. The summed E-state index contributed by atoms with van der Waals surface area (Å²) < 4.78 is 70.6. The maximum Gasteiger partial charge on any atom is 0.419 e. The minimum Gasteiger partial charge on any atom is -0.491 e. The molecular formula is C19H20ClF3N2O4S. The molecule has 0 bridgehead atoms. The molecule has 2 rings (SSSR count). The van der Waals surface area contributed by atoms with Crippen molar-refractivity contribution in [2.75, 3.05) is 13.2 Å². The van der Waals surface area contributed by atoms with Gasteiger partial charge in [0.15, 0.2) is 0 Å². The van der Waals surface area contributed by atoms with Crippen molar-refractivity contribution in [1.82, 2.24) is 10.0 Å². The molecule has 1 atom stereocenters. The van der Waals surface area contributed by atoms with Crippen LogP contribution in [0.25, 0.3) is 0 Å². The molecular weight excluding hydrogens is 445 g/mol. The molecule has 30 heavy (non-hydrogen) atoms. The van der Waals surface area contributed by atoms with E-state index in [9.17, 15) is 26.4 Å². The van der Waals surface area contributed by atoms with Gasteiger partial charge < -0.3 is 10.1 Å². The molecule has 6 nitrogen and oxygen atoms in total. The van der Waals surface area contributed by atoms with Gasteiger partial charge in [-0.1, -0.05) is 29.8 Å². The van der Waals surface area contributed by atoms with Crippen molar-refractivity contribution < 1.29 is 31.1 Å². The third kappa shape index (κ3) is 7.19. The summed E-state index contributed by atoms with van der Waals surface area (Å²) in [7, 11) is -3.82. The Hall–Kier alpha value is -2.30. The molecule has 0 aliphatic carbocycles. The van der Waals surface area contributed by atoms with E-state index in [0.29, 0.717) is 0 Å². The van der Waals surface area contributed by atoms with E-state index in [0.717, 1.165) is 6.07 Å². The number of para-hydroxylation sites is 1. The number of carbonyl (C=O) groups excluding carboxylic acids is 1. The van der Waals surface area contributed by atoms with E-state index in [-0.39, 0.29) is 35.2 Å². The van der Waals surface area contributed by atoms with Gasteiger partial charge in [-0.2, -0.15) is 13.2 Å². The summed E-state index contributed by atoms with van der Waals surface area (Å²) in [5, 5.41) is 2.80. The highest BCUT2D eigenvalue weighted by atomic mass is 35.5. The fourth-order valence-electron chi connectivity index (χ4n) is 2.45. The lowest BCUT2D eigenvalue weighted by molar-refractivity contribution is -0.139. The molecule has 0 aliphatic rings. The molecule has 0 fully saturated rings. The van der Waals surface area contributed by atoms with Crippen LogP contribution in [0.2, 0.25) is 5.02 Å². The van der Waals surface area contributed by atoms with Crippen LogP contribution in [0.15, 0.2) is 53.4 Å². The number of nitrogens with one attached hydrogen (secondary N) is 2. The van der Waals surface area contributed by atoms with Crippen molar-refractivity contribution in [3.8, 4) is 5.75 Å². The van der Waals surface area contributed by atoms with Crippen LogP contribution in [0.5, 0.6) is 5.75 Å². The zero-order valence-corrected chi connectivity index (χ0v) is 17.4. The lowest BCUT2D eigenvalue weighted by Crippen LogP contribution is -2.38. The zero-order valence-electron chi connectivity index (χ0n) is 15.9. The predicted molar refractivity (Wildman–Crippen MR) is 106 cm³/mol. The van der Waals surface area contributed by atoms with Crippen molar-refractivity contribution in [1.29, 1.82) is 0 Å². The summed E-state index contributed by atoms with van der Waals surface area (Å²) >= 11 is 5.77. The average Bonchev–Trinajstić information content (AvgIpc) is 2.65. The van der Waals surface area contributed by atoms with E-state index >= 15 is 0 Å². The standard InChI is InChI=1S/C19H20ClF3N2O4S/c1-13(12-29-17-8-3-2-7-16(17)19(21,22)23)25-18(26)9-10-24-30(27,28)15-6-4-5-14(20)11-15/h2-8,11,13,24H,9-10,12H2,1H3,(H,25,26). The fourth-order valence-corrected chi connectivity index (χ4v) is 3.78. The summed E-state index contributed by atoms with van der Waals surface area (Å²) in [6.07, 6.45) is -4.72. The number of halogens is 4. The number of carbonyl (C=O) groups is 1. The van der Waals surface area contributed by atoms with Gasteiger partial charge >= 0.3 is 6.18 Å². The van der Waals surface area contributed by atoms with Crippen LogP contribution in [0.4, 0.5) is 13.2 Å². The van der Waals surface area contributed by atoms with Gasteiger partial charge in [0, 0.05) is 18.0 Å². The number of sulfonamides is 1. The first kappa shape index (κ1) is 24.0. The minimum atomic E-state index is -4.55. The summed E-state index contributed by atoms with van der Waals surface area (Å²) in [6, 6.07) is 9.85. The second kappa shape index (κ2) is 10.1. The Morgan fingerprint density at radius 2 is 1.87 bits per heavy atom. The van der Waals surface area contributed by atoms with Crippen molar-refractivity contribution in [2.45, 2.75) is 30.5 Å². The first-order valence-electron chi connectivity index (χ1n) is 8.82. The van der Waals surface area contributed by atoms with Crippen LogP contribution < -0.4 is 14.8 Å². The van der Waals surface area contributed by atoms with Gasteiger partial charge in [-0.15, -0.1) is 0 Å². The molecule has 2 aromatic carbocycles. The molecule has 0 radical (unpaired) electrons. The third-order valence-corrected chi connectivity index (χ3v) is 5.53. The second-order valence-electron chi connectivity index (χ2n) is 6.38. The monoisotopic (exact) mass is 464 g/mol. The van der Waals surface area contributed by atoms with Gasteiger partial charge in [0.05, 0.1) is 16.5 Å². The van der Waals surface area contributed by atoms with Gasteiger partial charge in [0.2, 0.25) is 15.9 Å². The second-order valence-corrected chi connectivity index (χ2v) is 8.58. The Balaban J connectivity index is 1.80. The Morgan fingerprint density at radius 1 is 1.17 bits per heavy atom. The molecule has 0 aliphatic heterocycles. The Kier molecular flexibility index (Phi) is 8.10. The number of benzene rings is 2. The summed E-state index contributed by atoms with van der Waals surface area (Å²) in [6.45, 7) is 1.21. The van der Waals surface area contributed by atoms with Crippen LogP contribution in [0, 0.1) is 0 Å². The lowest BCUT2D eigenvalue weighted by Gasteiger charge is -2.18. The van der Waals surface area contributed by atoms with Crippen molar-refractivity contribution in [3.05, 3.63) is 59.1 Å². The zero-order chi connectivity index (χ0) is 22.4. The quantitative estimate of drug-likeness (QED) is 0.593. The number of alkyl halides is 3. The topological polar surface area (TPSA) is 84.5 Å². The van der Waals surface area contributed by atoms with Gasteiger partial charge in [-0.25, -0.2) is 13.1 Å². The maximum absolute atomic E-state index is 13.0. The molecule has 0 saturated heterocycles. The summed E-state index contributed by atoms with van der Waals surface area (Å²) in [4.78, 5) is 11.9. The number of ether oxygens (including phenoxy) is 1. The first-order chi connectivity index (χ1) is 14.0. The molecule has 0 heterocycles. The van der Waals surface area contributed by atoms with Gasteiger partial charge in [-0.3, -0.25) is 4.79 Å². The van der Waals surface area contributed by atoms with E-state index in [1.165, 1.54) is 42.5 Å². The number of hydrogen-bond acceptors (Lipinski definition) is 4. The Morgan fingerprint density at radius 3 is 2.53 bits per heavy atom. The van der Waals surface area contributed by atoms with E-state index < -0.39 is 33.7 Å². The molecule has 0 spiro atoms. The first-order valence-corrected chi connectivity index (χ1v) is 10.7. The Labute approximate surface area is 177 Å². The largest absolute Gasteiger partial charge is 0.491 e. The highest BCUT2D eigenvalue weighted by Crippen LogP contribution is 2.35. The number of hydrogen-bond donors (Lipinski definition) is 2. The molecule has 164 valence electrons. The van der Waals surface area contributed by atoms with E-state index in [4.69, 9.17) is 16.3 Å². The van der Waals surface area contributed by atoms with Crippen LogP contribution in [0.1, 0.15) is 18.9 Å². The highest BCUT2D eigenvalue weighted by molar-refractivity contribution is 7.89. The number of rotatable bonds is 9. The van der Waals surface area contributed by atoms with Crippen molar-refractivity contribution in [2.24, 2.45) is 0 Å². The van der Waals surface area contributed by atoms with Gasteiger partial charge in [-0.05, 0) is 37.3 Å². The molecule has 2 aromatic rings. The molecule has 1 amide bonds. The molecule has 0 saturated carbocycles. The smallest absolute Gasteiger partial charge is 0.419 e. The Bertz CT molecular complexity index is 984. The normalized spacial score (nSPS) is 13.0. The van der Waals surface area contributed by atoms with Crippen molar-refractivity contribution in [3.63, 3.8) is 0 Å². The van der Waals surface area contributed by atoms with Crippen LogP contribution in [-0.2, 0) is 21.0 Å². The summed E-state index contributed by atoms with van der Waals surface area (Å²) in [5.74, 6) is -0.815. The maximum atomic E-state index is 13.0. The minimum absolute atomic E-state index is 0.0273. The third-order valence-electron chi connectivity index (χ3n) is 3.84. The van der Waals surface area contributed by atoms with E-state index in [1.807, 2.05) is 0 Å². The van der Waals surface area contributed by atoms with E-state index in [2.05, 4.69) is 10.0 Å². The molecule has 11 heteroatoms. The fraction of sp³-hybridized carbons (Fsp3) is 0.316. The highest BCUT2D eigenvalue weighted by Gasteiger charge is 2.34. The molecule has 2 N–H and O–H groups in total. The molecule has 1 unspecified atom stereocenters. The van der Waals surface area contributed by atoms with Crippen molar-refractivity contribution >= 4 is 27.5 Å². The number of amides is 1. The van der Waals surface area contributed by atoms with Crippen LogP contribution in [-0.4, -0.2) is 33.5 Å². The predicted octanol–water partition coefficient (Wildman–Crippen LogP) is 3.61. The van der Waals surface area contributed by atoms with Crippen LogP contribution in [0.3, 0.4) is 0 Å². The van der Waals surface area contributed by atoms with Gasteiger partial charge in [0.25, 0.3) is 0 Å². The average molecular weight is 465 g/mol. The molecule has 0 aromatic heterocycles. The van der Waals surface area contributed by atoms with Gasteiger partial charge in [0.1, 0.15) is 12.4 Å². The SMILES string of the molecule is CC(COc1ccccc1C(F)(F)F)NC(=O)CCNS(=O)(=O)c1cccc(Cl)c1. The van der Waals surface area contributed by atoms with E-state index in [1.54, 1.807) is 6.92 Å².